The van der Waals surface area contributed by atoms with Gasteiger partial charge in [-0.3, -0.25) is 4.98 Å². The molecule has 0 aliphatic rings. The monoisotopic (exact) mass is 288 g/mol. The number of benzene rings is 1. The summed E-state index contributed by atoms with van der Waals surface area (Å²) in [6, 6.07) is 11.3. The summed E-state index contributed by atoms with van der Waals surface area (Å²) in [5, 5.41) is 0. The van der Waals surface area contributed by atoms with Gasteiger partial charge in [0, 0.05) is 12.2 Å². The summed E-state index contributed by atoms with van der Waals surface area (Å²) < 4.78 is 16.5. The minimum Gasteiger partial charge on any atom is -0.493 e. The minimum atomic E-state index is 0.352. The number of methoxy groups -OCH3 is 1. The van der Waals surface area contributed by atoms with Gasteiger partial charge in [0.25, 0.3) is 0 Å². The largest absolute Gasteiger partial charge is 0.493 e. The van der Waals surface area contributed by atoms with Gasteiger partial charge in [-0.1, -0.05) is 12.1 Å². The molecule has 0 aliphatic heterocycles. The Morgan fingerprint density at radius 2 is 1.62 bits per heavy atom. The molecule has 0 saturated carbocycles. The van der Waals surface area contributed by atoms with Crippen molar-refractivity contribution < 1.29 is 14.2 Å². The van der Waals surface area contributed by atoms with E-state index in [1.807, 2.05) is 43.3 Å². The van der Waals surface area contributed by atoms with Crippen LogP contribution in [-0.4, -0.2) is 25.3 Å². The van der Waals surface area contributed by atoms with Gasteiger partial charge in [-0.15, -0.1) is 0 Å². The Balaban J connectivity index is 1.87. The van der Waals surface area contributed by atoms with E-state index in [2.05, 4.69) is 4.98 Å². The number of aryl methyl sites for hydroxylation is 1. The number of hydrogen-bond acceptors (Lipinski definition) is 5. The molecule has 0 fully saturated rings. The zero-order chi connectivity index (χ0) is 15.1. The lowest BCUT2D eigenvalue weighted by Crippen LogP contribution is -2.12. The number of nitrogens with two attached hydrogens (primary N) is 1. The van der Waals surface area contributed by atoms with Crippen molar-refractivity contribution in [3.05, 3.63) is 47.8 Å². The fourth-order valence-corrected chi connectivity index (χ4v) is 1.92. The van der Waals surface area contributed by atoms with Crippen LogP contribution in [0.15, 0.2) is 36.4 Å². The fourth-order valence-electron chi connectivity index (χ4n) is 1.92. The van der Waals surface area contributed by atoms with Crippen LogP contribution in [0.3, 0.4) is 0 Å². The second-order valence-corrected chi connectivity index (χ2v) is 4.45. The smallest absolute Gasteiger partial charge is 0.161 e. The molecular formula is C16H20N2O3. The van der Waals surface area contributed by atoms with Crippen molar-refractivity contribution in [2.24, 2.45) is 5.73 Å². The van der Waals surface area contributed by atoms with E-state index in [0.29, 0.717) is 37.0 Å². The van der Waals surface area contributed by atoms with Gasteiger partial charge in [-0.2, -0.15) is 0 Å². The van der Waals surface area contributed by atoms with E-state index in [9.17, 15) is 0 Å². The van der Waals surface area contributed by atoms with Crippen molar-refractivity contribution in [3.8, 4) is 17.2 Å². The molecule has 2 aromatic rings. The molecule has 5 nitrogen and oxygen atoms in total. The van der Waals surface area contributed by atoms with E-state index in [0.717, 1.165) is 11.4 Å². The van der Waals surface area contributed by atoms with Crippen molar-refractivity contribution in [3.63, 3.8) is 0 Å². The van der Waals surface area contributed by atoms with Gasteiger partial charge >= 0.3 is 0 Å². The van der Waals surface area contributed by atoms with Crippen LogP contribution in [0.4, 0.5) is 0 Å². The molecule has 5 heteroatoms. The van der Waals surface area contributed by atoms with Gasteiger partial charge in [-0.05, 0) is 31.2 Å². The van der Waals surface area contributed by atoms with Gasteiger partial charge < -0.3 is 19.9 Å². The summed E-state index contributed by atoms with van der Waals surface area (Å²) in [6.45, 7) is 3.10. The van der Waals surface area contributed by atoms with Gasteiger partial charge in [0.2, 0.25) is 0 Å². The van der Waals surface area contributed by atoms with E-state index < -0.39 is 0 Å². The lowest BCUT2D eigenvalue weighted by molar-refractivity contribution is 0.209. The fraction of sp³-hybridized carbons (Fsp3) is 0.312. The molecule has 112 valence electrons. The third-order valence-corrected chi connectivity index (χ3v) is 2.93. The van der Waals surface area contributed by atoms with Crippen molar-refractivity contribution in [1.82, 2.24) is 4.98 Å². The first-order chi connectivity index (χ1) is 10.2. The number of ether oxygens (including phenoxy) is 3. The van der Waals surface area contributed by atoms with Crippen LogP contribution in [0.25, 0.3) is 0 Å². The minimum absolute atomic E-state index is 0.352. The Kier molecular flexibility index (Phi) is 5.40. The first-order valence-electron chi connectivity index (χ1n) is 6.80. The van der Waals surface area contributed by atoms with Crippen molar-refractivity contribution in [2.75, 3.05) is 20.3 Å². The van der Waals surface area contributed by atoms with E-state index in [1.165, 1.54) is 0 Å². The summed E-state index contributed by atoms with van der Waals surface area (Å²) in [5.74, 6) is 2.11. The third kappa shape index (κ3) is 4.10. The average Bonchev–Trinajstić information content (AvgIpc) is 2.52. The molecule has 1 aromatic carbocycles. The molecule has 1 heterocycles. The standard InChI is InChI=1S/C16H20N2O3/c1-12-7-8-14(13(11-17)18-12)20-9-10-21-16-6-4-3-5-15(16)19-2/h3-8H,9-11,17H2,1-2H3. The third-order valence-electron chi connectivity index (χ3n) is 2.93. The molecule has 0 radical (unpaired) electrons. The Morgan fingerprint density at radius 1 is 0.952 bits per heavy atom. The first-order valence-corrected chi connectivity index (χ1v) is 6.80. The van der Waals surface area contributed by atoms with Crippen LogP contribution in [0.1, 0.15) is 11.4 Å². The summed E-state index contributed by atoms with van der Waals surface area (Å²) in [4.78, 5) is 4.35. The maximum Gasteiger partial charge on any atom is 0.161 e. The molecule has 0 saturated heterocycles. The molecule has 1 aromatic heterocycles. The van der Waals surface area contributed by atoms with Crippen LogP contribution in [0.5, 0.6) is 17.2 Å². The van der Waals surface area contributed by atoms with Crippen LogP contribution in [0.2, 0.25) is 0 Å². The number of aromatic nitrogens is 1. The van der Waals surface area contributed by atoms with Gasteiger partial charge in [0.05, 0.1) is 12.8 Å². The topological polar surface area (TPSA) is 66.6 Å². The molecule has 0 aliphatic carbocycles. The number of rotatable bonds is 7. The van der Waals surface area contributed by atoms with E-state index in [4.69, 9.17) is 19.9 Å². The zero-order valence-corrected chi connectivity index (χ0v) is 12.3. The highest BCUT2D eigenvalue weighted by atomic mass is 16.5. The number of para-hydroxylation sites is 2. The highest BCUT2D eigenvalue weighted by Gasteiger charge is 2.05. The van der Waals surface area contributed by atoms with E-state index in [-0.39, 0.29) is 0 Å². The highest BCUT2D eigenvalue weighted by molar-refractivity contribution is 5.39. The second kappa shape index (κ2) is 7.50. The predicted octanol–water partition coefficient (Wildman–Crippen LogP) is 2.32. The lowest BCUT2D eigenvalue weighted by Gasteiger charge is -2.12. The molecule has 2 N–H and O–H groups in total. The Hall–Kier alpha value is -2.27. The molecule has 0 unspecified atom stereocenters. The molecule has 0 spiro atoms. The van der Waals surface area contributed by atoms with Gasteiger partial charge in [0.1, 0.15) is 19.0 Å². The summed E-state index contributed by atoms with van der Waals surface area (Å²) in [7, 11) is 1.62. The summed E-state index contributed by atoms with van der Waals surface area (Å²) >= 11 is 0. The number of pyridine rings is 1. The maximum absolute atomic E-state index is 5.67. The van der Waals surface area contributed by atoms with E-state index in [1.54, 1.807) is 7.11 Å². The summed E-state index contributed by atoms with van der Waals surface area (Å²) in [6.07, 6.45) is 0. The van der Waals surface area contributed by atoms with Crippen LogP contribution in [-0.2, 0) is 6.54 Å². The molecular weight excluding hydrogens is 268 g/mol. The quantitative estimate of drug-likeness (QED) is 0.792. The predicted molar refractivity (Wildman–Crippen MR) is 80.8 cm³/mol. The second-order valence-electron chi connectivity index (χ2n) is 4.45. The van der Waals surface area contributed by atoms with Gasteiger partial charge in [-0.25, -0.2) is 0 Å². The van der Waals surface area contributed by atoms with Crippen molar-refractivity contribution >= 4 is 0 Å². The SMILES string of the molecule is COc1ccccc1OCCOc1ccc(C)nc1CN. The normalized spacial score (nSPS) is 10.2. The summed E-state index contributed by atoms with van der Waals surface area (Å²) in [5.41, 5.74) is 7.34. The first kappa shape index (κ1) is 15.1. The van der Waals surface area contributed by atoms with Crippen molar-refractivity contribution in [2.45, 2.75) is 13.5 Å². The van der Waals surface area contributed by atoms with Crippen LogP contribution < -0.4 is 19.9 Å². The highest BCUT2D eigenvalue weighted by Crippen LogP contribution is 2.25. The van der Waals surface area contributed by atoms with E-state index >= 15 is 0 Å². The van der Waals surface area contributed by atoms with Crippen LogP contribution >= 0.6 is 0 Å². The van der Waals surface area contributed by atoms with Crippen LogP contribution in [0, 0.1) is 6.92 Å². The Morgan fingerprint density at radius 3 is 2.29 bits per heavy atom. The Bertz CT molecular complexity index is 587. The van der Waals surface area contributed by atoms with Gasteiger partial charge in [0.15, 0.2) is 11.5 Å². The van der Waals surface area contributed by atoms with Crippen molar-refractivity contribution in [1.29, 1.82) is 0 Å². The average molecular weight is 288 g/mol. The number of hydrogen-bond donors (Lipinski definition) is 1. The molecule has 0 atom stereocenters. The Labute approximate surface area is 124 Å². The zero-order valence-electron chi connectivity index (χ0n) is 12.3. The number of nitrogens with zero attached hydrogens (tertiary/aromatic N) is 1. The maximum atomic E-state index is 5.67. The molecule has 0 amide bonds. The molecule has 2 rings (SSSR count). The molecule has 0 bridgehead atoms. The lowest BCUT2D eigenvalue weighted by atomic mass is 10.3. The molecule has 21 heavy (non-hydrogen) atoms.